The van der Waals surface area contributed by atoms with Crippen molar-refractivity contribution in [3.05, 3.63) is 83.9 Å². The van der Waals surface area contributed by atoms with Crippen LogP contribution in [0.3, 0.4) is 0 Å². The lowest BCUT2D eigenvalue weighted by Crippen LogP contribution is -2.44. The van der Waals surface area contributed by atoms with Crippen LogP contribution in [0.4, 0.5) is 0 Å². The van der Waals surface area contributed by atoms with Gasteiger partial charge >= 0.3 is 0 Å². The molecule has 0 heterocycles. The Morgan fingerprint density at radius 3 is 2.25 bits per heavy atom. The van der Waals surface area contributed by atoms with Crippen molar-refractivity contribution < 1.29 is 5.11 Å². The van der Waals surface area contributed by atoms with E-state index in [4.69, 9.17) is 4.99 Å². The van der Waals surface area contributed by atoms with Crippen molar-refractivity contribution >= 4 is 29.9 Å². The first kappa shape index (κ1) is 22.4. The van der Waals surface area contributed by atoms with Crippen molar-refractivity contribution in [2.45, 2.75) is 37.8 Å². The molecule has 0 saturated heterocycles. The van der Waals surface area contributed by atoms with Crippen LogP contribution < -0.4 is 10.6 Å². The zero-order valence-corrected chi connectivity index (χ0v) is 18.7. The number of hydrogen-bond donors (Lipinski definition) is 3. The molecule has 0 saturated carbocycles. The smallest absolute Gasteiger partial charge is 0.191 e. The third kappa shape index (κ3) is 6.34. The predicted molar refractivity (Wildman–Crippen MR) is 127 cm³/mol. The lowest BCUT2D eigenvalue weighted by Gasteiger charge is -2.28. The van der Waals surface area contributed by atoms with E-state index >= 15 is 0 Å². The number of guanidine groups is 1. The van der Waals surface area contributed by atoms with Crippen molar-refractivity contribution in [3.8, 4) is 0 Å². The van der Waals surface area contributed by atoms with Gasteiger partial charge in [-0.15, -0.1) is 24.0 Å². The molecule has 150 valence electrons. The molecular formula is C23H30IN3O. The Labute approximate surface area is 185 Å². The minimum atomic E-state index is -1.06. The van der Waals surface area contributed by atoms with Crippen molar-refractivity contribution in [2.24, 2.45) is 4.99 Å². The molecule has 0 bridgehead atoms. The molecule has 0 fully saturated rings. The van der Waals surface area contributed by atoms with Crippen LogP contribution in [0.2, 0.25) is 0 Å². The summed E-state index contributed by atoms with van der Waals surface area (Å²) in [7, 11) is 0. The number of hydrogen-bond acceptors (Lipinski definition) is 2. The van der Waals surface area contributed by atoms with E-state index in [9.17, 15) is 5.11 Å². The fraction of sp³-hybridized carbons (Fsp3) is 0.348. The first-order valence-electron chi connectivity index (χ1n) is 9.71. The van der Waals surface area contributed by atoms with Gasteiger partial charge in [0.15, 0.2) is 5.96 Å². The zero-order valence-electron chi connectivity index (χ0n) is 16.3. The largest absolute Gasteiger partial charge is 0.383 e. The van der Waals surface area contributed by atoms with Gasteiger partial charge in [0.05, 0.1) is 6.54 Å². The summed E-state index contributed by atoms with van der Waals surface area (Å²) in [5.41, 5.74) is 0.923. The topological polar surface area (TPSA) is 56.7 Å². The zero-order chi connectivity index (χ0) is 19.0. The van der Waals surface area contributed by atoms with Gasteiger partial charge < -0.3 is 15.7 Å². The van der Waals surface area contributed by atoms with Crippen LogP contribution in [0.1, 0.15) is 30.9 Å². The van der Waals surface area contributed by atoms with Crippen LogP contribution in [0.25, 0.3) is 0 Å². The van der Waals surface area contributed by atoms with Gasteiger partial charge in [-0.1, -0.05) is 72.8 Å². The van der Waals surface area contributed by atoms with E-state index in [1.807, 2.05) is 60.7 Å². The molecule has 2 aromatic rings. The molecule has 5 heteroatoms. The molecule has 3 N–H and O–H groups in total. The Morgan fingerprint density at radius 2 is 1.64 bits per heavy atom. The number of nitrogens with one attached hydrogen (secondary N) is 2. The Kier molecular flexibility index (Phi) is 8.99. The normalized spacial score (nSPS) is 16.3. The maximum atomic E-state index is 11.5. The molecule has 4 nitrogen and oxygen atoms in total. The predicted octanol–water partition coefficient (Wildman–Crippen LogP) is 4.01. The Bertz CT molecular complexity index is 756. The highest BCUT2D eigenvalue weighted by Gasteiger charge is 2.29. The summed E-state index contributed by atoms with van der Waals surface area (Å²) >= 11 is 0. The van der Waals surface area contributed by atoms with Gasteiger partial charge in [0, 0.05) is 19.0 Å². The molecule has 1 unspecified atom stereocenters. The molecule has 0 spiro atoms. The molecule has 2 aromatic carbocycles. The van der Waals surface area contributed by atoms with Crippen molar-refractivity contribution in [1.82, 2.24) is 10.6 Å². The van der Waals surface area contributed by atoms with Crippen LogP contribution in [0, 0.1) is 0 Å². The van der Waals surface area contributed by atoms with Gasteiger partial charge in [-0.2, -0.15) is 0 Å². The maximum absolute atomic E-state index is 11.5. The number of benzene rings is 2. The molecule has 0 radical (unpaired) electrons. The maximum Gasteiger partial charge on any atom is 0.191 e. The van der Waals surface area contributed by atoms with Crippen LogP contribution in [0.5, 0.6) is 0 Å². The second-order valence-corrected chi connectivity index (χ2v) is 7.04. The standard InChI is InChI=1S/C23H29N3O.HI/c1-2-24-22(26-21-15-9-10-16-21)25-18-23(27,20-13-7-4-8-14-20)17-19-11-5-3-6-12-19;/h3-14,21,27H,2,15-18H2,1H3,(H2,24,25,26);1H. The number of aliphatic imine (C=N–C) groups is 1. The molecule has 0 aliphatic heterocycles. The number of aliphatic hydroxyl groups is 1. The van der Waals surface area contributed by atoms with E-state index in [0.29, 0.717) is 19.0 Å². The van der Waals surface area contributed by atoms with Gasteiger partial charge in [0.1, 0.15) is 5.60 Å². The first-order chi connectivity index (χ1) is 13.2. The Hall–Kier alpha value is -1.86. The van der Waals surface area contributed by atoms with E-state index < -0.39 is 5.60 Å². The van der Waals surface area contributed by atoms with E-state index in [-0.39, 0.29) is 24.0 Å². The fourth-order valence-corrected chi connectivity index (χ4v) is 3.39. The monoisotopic (exact) mass is 491 g/mol. The van der Waals surface area contributed by atoms with Gasteiger partial charge in [-0.3, -0.25) is 0 Å². The van der Waals surface area contributed by atoms with Crippen molar-refractivity contribution in [1.29, 1.82) is 0 Å². The molecule has 1 aliphatic carbocycles. The quantitative estimate of drug-likeness (QED) is 0.238. The second-order valence-electron chi connectivity index (χ2n) is 7.04. The Balaban J connectivity index is 0.00000280. The average Bonchev–Trinajstić information content (AvgIpc) is 3.21. The molecule has 3 rings (SSSR count). The van der Waals surface area contributed by atoms with Crippen LogP contribution in [-0.4, -0.2) is 30.2 Å². The van der Waals surface area contributed by atoms with Gasteiger partial charge in [0.25, 0.3) is 0 Å². The fourth-order valence-electron chi connectivity index (χ4n) is 3.39. The third-order valence-corrected chi connectivity index (χ3v) is 4.84. The van der Waals surface area contributed by atoms with E-state index in [1.165, 1.54) is 0 Å². The summed E-state index contributed by atoms with van der Waals surface area (Å²) < 4.78 is 0. The summed E-state index contributed by atoms with van der Waals surface area (Å²) in [4.78, 5) is 4.74. The van der Waals surface area contributed by atoms with E-state index in [2.05, 4.69) is 29.7 Å². The molecule has 28 heavy (non-hydrogen) atoms. The van der Waals surface area contributed by atoms with Crippen molar-refractivity contribution in [2.75, 3.05) is 13.1 Å². The number of nitrogens with zero attached hydrogens (tertiary/aromatic N) is 1. The molecule has 0 aromatic heterocycles. The summed E-state index contributed by atoms with van der Waals surface area (Å²) in [6.45, 7) is 3.13. The number of rotatable bonds is 7. The molecule has 0 amide bonds. The van der Waals surface area contributed by atoms with Crippen LogP contribution in [-0.2, 0) is 12.0 Å². The van der Waals surface area contributed by atoms with Gasteiger partial charge in [0.2, 0.25) is 0 Å². The summed E-state index contributed by atoms with van der Waals surface area (Å²) in [5.74, 6) is 0.758. The highest BCUT2D eigenvalue weighted by molar-refractivity contribution is 14.0. The van der Waals surface area contributed by atoms with Crippen molar-refractivity contribution in [3.63, 3.8) is 0 Å². The van der Waals surface area contributed by atoms with E-state index in [1.54, 1.807) is 0 Å². The highest BCUT2D eigenvalue weighted by Crippen LogP contribution is 2.26. The van der Waals surface area contributed by atoms with Crippen LogP contribution in [0.15, 0.2) is 77.8 Å². The summed E-state index contributed by atoms with van der Waals surface area (Å²) in [5, 5.41) is 18.3. The number of halogens is 1. The average molecular weight is 491 g/mol. The SMILES string of the molecule is CCNC(=NCC(O)(Cc1ccccc1)c1ccccc1)NC1CC=CC1.I. The Morgan fingerprint density at radius 1 is 1.04 bits per heavy atom. The third-order valence-electron chi connectivity index (χ3n) is 4.84. The van der Waals surface area contributed by atoms with Crippen LogP contribution >= 0.6 is 24.0 Å². The minimum absolute atomic E-state index is 0. The highest BCUT2D eigenvalue weighted by atomic mass is 127. The molecular weight excluding hydrogens is 461 g/mol. The molecule has 1 aliphatic rings. The summed E-state index contributed by atoms with van der Waals surface area (Å²) in [6, 6.07) is 20.3. The van der Waals surface area contributed by atoms with E-state index in [0.717, 1.165) is 36.5 Å². The van der Waals surface area contributed by atoms with Gasteiger partial charge in [-0.25, -0.2) is 4.99 Å². The molecule has 1 atom stereocenters. The lowest BCUT2D eigenvalue weighted by atomic mass is 9.87. The summed E-state index contributed by atoms with van der Waals surface area (Å²) in [6.07, 6.45) is 6.92. The second kappa shape index (κ2) is 11.2. The first-order valence-corrected chi connectivity index (χ1v) is 9.71. The van der Waals surface area contributed by atoms with Gasteiger partial charge in [-0.05, 0) is 30.9 Å². The lowest BCUT2D eigenvalue weighted by molar-refractivity contribution is 0.0467. The minimum Gasteiger partial charge on any atom is -0.383 e.